The summed E-state index contributed by atoms with van der Waals surface area (Å²) in [6.45, 7) is 5.65. The fourth-order valence-electron chi connectivity index (χ4n) is 4.53. The highest BCUT2D eigenvalue weighted by Gasteiger charge is 2.25. The SMILES string of the molecule is Cc1cc(C(=O)N2CCC[C@@H](C)C2)nc2c1c(-c1ccccc1)nn2-c1cccc(F)c1. The molecule has 1 saturated heterocycles. The van der Waals surface area contributed by atoms with Crippen LogP contribution in [-0.4, -0.2) is 38.7 Å². The molecule has 1 aliphatic heterocycles. The Bertz CT molecular complexity index is 1300. The number of piperidine rings is 1. The molecule has 2 aromatic carbocycles. The van der Waals surface area contributed by atoms with Gasteiger partial charge < -0.3 is 4.90 Å². The molecule has 2 aromatic heterocycles. The molecular weight excluding hydrogens is 403 g/mol. The van der Waals surface area contributed by atoms with Crippen molar-refractivity contribution in [2.45, 2.75) is 26.7 Å². The number of hydrogen-bond donors (Lipinski definition) is 0. The molecule has 0 unspecified atom stereocenters. The van der Waals surface area contributed by atoms with Crippen molar-refractivity contribution in [1.82, 2.24) is 19.7 Å². The largest absolute Gasteiger partial charge is 0.337 e. The number of aromatic nitrogens is 3. The van der Waals surface area contributed by atoms with E-state index >= 15 is 0 Å². The first kappa shape index (κ1) is 20.4. The van der Waals surface area contributed by atoms with E-state index in [1.54, 1.807) is 16.8 Å². The van der Waals surface area contributed by atoms with Crippen LogP contribution >= 0.6 is 0 Å². The number of benzene rings is 2. The summed E-state index contributed by atoms with van der Waals surface area (Å²) in [5.74, 6) is 0.0773. The average molecular weight is 429 g/mol. The van der Waals surface area contributed by atoms with Crippen molar-refractivity contribution in [3.63, 3.8) is 0 Å². The van der Waals surface area contributed by atoms with E-state index in [1.807, 2.05) is 48.2 Å². The second kappa shape index (κ2) is 8.19. The van der Waals surface area contributed by atoms with E-state index in [4.69, 9.17) is 10.1 Å². The summed E-state index contributed by atoms with van der Waals surface area (Å²) in [4.78, 5) is 20.0. The van der Waals surface area contributed by atoms with Gasteiger partial charge in [-0.05, 0) is 55.5 Å². The number of halogens is 1. The second-order valence-electron chi connectivity index (χ2n) is 8.63. The number of aryl methyl sites for hydroxylation is 1. The molecule has 0 spiro atoms. The molecule has 1 atom stereocenters. The average Bonchev–Trinajstić information content (AvgIpc) is 3.19. The zero-order valence-electron chi connectivity index (χ0n) is 18.3. The van der Waals surface area contributed by atoms with Gasteiger partial charge in [0.25, 0.3) is 5.91 Å². The maximum Gasteiger partial charge on any atom is 0.272 e. The minimum atomic E-state index is -0.348. The minimum absolute atomic E-state index is 0.0604. The lowest BCUT2D eigenvalue weighted by Crippen LogP contribution is -2.39. The Balaban J connectivity index is 1.70. The number of rotatable bonds is 3. The highest BCUT2D eigenvalue weighted by molar-refractivity contribution is 5.99. The molecule has 32 heavy (non-hydrogen) atoms. The molecule has 1 aliphatic rings. The summed E-state index contributed by atoms with van der Waals surface area (Å²) in [7, 11) is 0. The first-order valence-electron chi connectivity index (χ1n) is 11.0. The standard InChI is InChI=1S/C26H25FN4O/c1-17-8-7-13-30(16-17)26(32)22-14-18(2)23-24(19-9-4-3-5-10-19)29-31(25(23)28-22)21-12-6-11-20(27)15-21/h3-6,9-12,14-15,17H,7-8,13,16H2,1-2H3/t17-/m1/s1. The minimum Gasteiger partial charge on any atom is -0.337 e. The highest BCUT2D eigenvalue weighted by Crippen LogP contribution is 2.32. The smallest absolute Gasteiger partial charge is 0.272 e. The van der Waals surface area contributed by atoms with Gasteiger partial charge in [-0.3, -0.25) is 4.79 Å². The Kier molecular flexibility index (Phi) is 5.21. The van der Waals surface area contributed by atoms with Gasteiger partial charge in [0.05, 0.1) is 11.1 Å². The summed E-state index contributed by atoms with van der Waals surface area (Å²) in [5.41, 5.74) is 4.16. The fraction of sp³-hybridized carbons (Fsp3) is 0.269. The molecule has 5 nitrogen and oxygen atoms in total. The van der Waals surface area contributed by atoms with Crippen molar-refractivity contribution in [2.75, 3.05) is 13.1 Å². The van der Waals surface area contributed by atoms with Crippen molar-refractivity contribution in [3.8, 4) is 16.9 Å². The Morgan fingerprint density at radius 1 is 1.09 bits per heavy atom. The molecule has 4 aromatic rings. The van der Waals surface area contributed by atoms with Crippen LogP contribution in [-0.2, 0) is 0 Å². The fourth-order valence-corrected chi connectivity index (χ4v) is 4.53. The number of fused-ring (bicyclic) bond motifs is 1. The van der Waals surface area contributed by atoms with Gasteiger partial charge >= 0.3 is 0 Å². The molecule has 6 heteroatoms. The van der Waals surface area contributed by atoms with Crippen LogP contribution < -0.4 is 0 Å². The maximum atomic E-state index is 14.0. The Hall–Kier alpha value is -3.54. The van der Waals surface area contributed by atoms with E-state index in [2.05, 4.69) is 6.92 Å². The summed E-state index contributed by atoms with van der Waals surface area (Å²) in [6.07, 6.45) is 2.15. The Morgan fingerprint density at radius 2 is 1.91 bits per heavy atom. The summed E-state index contributed by atoms with van der Waals surface area (Å²) < 4.78 is 15.7. The van der Waals surface area contributed by atoms with Crippen LogP contribution in [0.3, 0.4) is 0 Å². The van der Waals surface area contributed by atoms with Gasteiger partial charge in [-0.25, -0.2) is 14.1 Å². The number of amides is 1. The van der Waals surface area contributed by atoms with Crippen molar-refractivity contribution in [2.24, 2.45) is 5.92 Å². The number of nitrogens with zero attached hydrogens (tertiary/aromatic N) is 4. The van der Waals surface area contributed by atoms with Crippen LogP contribution in [0.1, 0.15) is 35.8 Å². The third-order valence-corrected chi connectivity index (χ3v) is 6.10. The Morgan fingerprint density at radius 3 is 2.66 bits per heavy atom. The normalized spacial score (nSPS) is 16.5. The van der Waals surface area contributed by atoms with Gasteiger partial charge in [0.2, 0.25) is 0 Å². The number of hydrogen-bond acceptors (Lipinski definition) is 3. The number of likely N-dealkylation sites (tertiary alicyclic amines) is 1. The van der Waals surface area contributed by atoms with Gasteiger partial charge in [-0.1, -0.05) is 43.3 Å². The molecule has 0 aliphatic carbocycles. The van der Waals surface area contributed by atoms with Crippen molar-refractivity contribution in [1.29, 1.82) is 0 Å². The highest BCUT2D eigenvalue weighted by atomic mass is 19.1. The van der Waals surface area contributed by atoms with Gasteiger partial charge in [-0.2, -0.15) is 5.10 Å². The van der Waals surface area contributed by atoms with Crippen molar-refractivity contribution >= 4 is 16.9 Å². The zero-order valence-corrected chi connectivity index (χ0v) is 18.3. The van der Waals surface area contributed by atoms with Crippen LogP contribution in [0.25, 0.3) is 28.0 Å². The topological polar surface area (TPSA) is 51.0 Å². The van der Waals surface area contributed by atoms with Gasteiger partial charge in [0, 0.05) is 18.7 Å². The second-order valence-corrected chi connectivity index (χ2v) is 8.63. The van der Waals surface area contributed by atoms with E-state index in [0.717, 1.165) is 48.1 Å². The van der Waals surface area contributed by atoms with Gasteiger partial charge in [0.15, 0.2) is 5.65 Å². The third-order valence-electron chi connectivity index (χ3n) is 6.10. The van der Waals surface area contributed by atoms with Crippen molar-refractivity contribution in [3.05, 3.63) is 77.7 Å². The predicted octanol–water partition coefficient (Wildman–Crippen LogP) is 5.41. The number of carbonyl (C=O) groups excluding carboxylic acids is 1. The van der Waals surface area contributed by atoms with Crippen LogP contribution in [0, 0.1) is 18.7 Å². The van der Waals surface area contributed by atoms with E-state index in [0.29, 0.717) is 22.9 Å². The van der Waals surface area contributed by atoms with E-state index in [1.165, 1.54) is 12.1 Å². The van der Waals surface area contributed by atoms with Crippen LogP contribution in [0.2, 0.25) is 0 Å². The molecule has 1 fully saturated rings. The van der Waals surface area contributed by atoms with Crippen molar-refractivity contribution < 1.29 is 9.18 Å². The van der Waals surface area contributed by atoms with Gasteiger partial charge in [-0.15, -0.1) is 0 Å². The molecule has 0 radical (unpaired) electrons. The lowest BCUT2D eigenvalue weighted by Gasteiger charge is -2.30. The molecule has 0 N–H and O–H groups in total. The summed E-state index contributed by atoms with van der Waals surface area (Å²) in [6, 6.07) is 18.0. The Labute approximate surface area is 186 Å². The lowest BCUT2D eigenvalue weighted by atomic mass is 9.99. The zero-order chi connectivity index (χ0) is 22.2. The lowest BCUT2D eigenvalue weighted by molar-refractivity contribution is 0.0677. The first-order valence-corrected chi connectivity index (χ1v) is 11.0. The monoisotopic (exact) mass is 428 g/mol. The summed E-state index contributed by atoms with van der Waals surface area (Å²) in [5, 5.41) is 5.68. The van der Waals surface area contributed by atoms with E-state index in [9.17, 15) is 9.18 Å². The number of pyridine rings is 1. The molecule has 162 valence electrons. The molecule has 5 rings (SSSR count). The van der Waals surface area contributed by atoms with Crippen LogP contribution in [0.5, 0.6) is 0 Å². The molecule has 0 bridgehead atoms. The molecule has 3 heterocycles. The molecule has 1 amide bonds. The third kappa shape index (κ3) is 3.66. The quantitative estimate of drug-likeness (QED) is 0.439. The maximum absolute atomic E-state index is 14.0. The molecular formula is C26H25FN4O. The van der Waals surface area contributed by atoms with E-state index < -0.39 is 0 Å². The van der Waals surface area contributed by atoms with Crippen LogP contribution in [0.4, 0.5) is 4.39 Å². The molecule has 0 saturated carbocycles. The van der Waals surface area contributed by atoms with Gasteiger partial charge in [0.1, 0.15) is 17.2 Å². The summed E-state index contributed by atoms with van der Waals surface area (Å²) >= 11 is 0. The first-order chi connectivity index (χ1) is 15.5. The number of carbonyl (C=O) groups is 1. The predicted molar refractivity (Wildman–Crippen MR) is 123 cm³/mol. The van der Waals surface area contributed by atoms with E-state index in [-0.39, 0.29) is 11.7 Å². The van der Waals surface area contributed by atoms with Crippen LogP contribution in [0.15, 0.2) is 60.7 Å².